The summed E-state index contributed by atoms with van der Waals surface area (Å²) < 4.78 is 4.54. The van der Waals surface area contributed by atoms with E-state index >= 15 is 0 Å². The van der Waals surface area contributed by atoms with Gasteiger partial charge in [-0.1, -0.05) is 0 Å². The summed E-state index contributed by atoms with van der Waals surface area (Å²) in [5, 5.41) is 2.83. The number of hydrogen-bond donors (Lipinski definition) is 2. The Morgan fingerprint density at radius 3 is 3.00 bits per heavy atom. The molecule has 0 bridgehead atoms. The summed E-state index contributed by atoms with van der Waals surface area (Å²) in [6.45, 7) is 1.67. The number of nitrogens with one attached hydrogen (secondary N) is 1. The number of anilines is 2. The molecule has 14 heavy (non-hydrogen) atoms. The van der Waals surface area contributed by atoms with E-state index in [1.165, 1.54) is 13.3 Å². The number of nitrogens with zero attached hydrogens (tertiary/aromatic N) is 2. The van der Waals surface area contributed by atoms with Gasteiger partial charge in [0.15, 0.2) is 0 Å². The van der Waals surface area contributed by atoms with E-state index < -0.39 is 6.04 Å². The van der Waals surface area contributed by atoms with Crippen molar-refractivity contribution in [2.75, 3.05) is 18.2 Å². The highest BCUT2D eigenvalue weighted by Gasteiger charge is 2.12. The van der Waals surface area contributed by atoms with E-state index in [1.54, 1.807) is 13.0 Å². The SMILES string of the molecule is COC(=O)C(C)Nc1ccnc(N)n1. The van der Waals surface area contributed by atoms with Gasteiger partial charge >= 0.3 is 5.97 Å². The highest BCUT2D eigenvalue weighted by atomic mass is 16.5. The van der Waals surface area contributed by atoms with Crippen LogP contribution in [0.15, 0.2) is 12.3 Å². The molecule has 6 nitrogen and oxygen atoms in total. The molecule has 0 radical (unpaired) electrons. The molecular weight excluding hydrogens is 184 g/mol. The second-order valence-electron chi connectivity index (χ2n) is 2.69. The third-order valence-electron chi connectivity index (χ3n) is 1.59. The van der Waals surface area contributed by atoms with Gasteiger partial charge in [0.25, 0.3) is 0 Å². The maximum absolute atomic E-state index is 11.0. The Morgan fingerprint density at radius 2 is 2.43 bits per heavy atom. The number of carbonyl (C=O) groups excluding carboxylic acids is 1. The van der Waals surface area contributed by atoms with Crippen molar-refractivity contribution in [3.05, 3.63) is 12.3 Å². The average molecular weight is 196 g/mol. The standard InChI is InChI=1S/C8H12N4O2/c1-5(7(13)14-2)11-6-3-4-10-8(9)12-6/h3-5H,1-2H3,(H3,9,10,11,12). The van der Waals surface area contributed by atoms with Crippen LogP contribution in [0.2, 0.25) is 0 Å². The van der Waals surface area contributed by atoms with E-state index in [1.807, 2.05) is 0 Å². The molecule has 0 fully saturated rings. The average Bonchev–Trinajstić information content (AvgIpc) is 2.16. The van der Waals surface area contributed by atoms with Crippen molar-refractivity contribution < 1.29 is 9.53 Å². The second-order valence-corrected chi connectivity index (χ2v) is 2.69. The minimum Gasteiger partial charge on any atom is -0.467 e. The lowest BCUT2D eigenvalue weighted by atomic mass is 10.3. The summed E-state index contributed by atoms with van der Waals surface area (Å²) in [4.78, 5) is 18.6. The molecular formula is C8H12N4O2. The molecule has 0 aliphatic rings. The molecule has 76 valence electrons. The number of hydrogen-bond acceptors (Lipinski definition) is 6. The smallest absolute Gasteiger partial charge is 0.328 e. The first-order valence-electron chi connectivity index (χ1n) is 4.06. The molecule has 0 aliphatic carbocycles. The van der Waals surface area contributed by atoms with Gasteiger partial charge < -0.3 is 15.8 Å². The number of esters is 1. The van der Waals surface area contributed by atoms with Crippen molar-refractivity contribution in [2.45, 2.75) is 13.0 Å². The van der Waals surface area contributed by atoms with E-state index in [4.69, 9.17) is 5.73 Å². The van der Waals surface area contributed by atoms with Gasteiger partial charge in [0.2, 0.25) is 5.95 Å². The maximum atomic E-state index is 11.0. The quantitative estimate of drug-likeness (QED) is 0.663. The normalized spacial score (nSPS) is 11.9. The number of aromatic nitrogens is 2. The monoisotopic (exact) mass is 196 g/mol. The largest absolute Gasteiger partial charge is 0.467 e. The highest BCUT2D eigenvalue weighted by molar-refractivity contribution is 5.78. The molecule has 3 N–H and O–H groups in total. The number of carbonyl (C=O) groups is 1. The second kappa shape index (κ2) is 4.40. The summed E-state index contributed by atoms with van der Waals surface area (Å²) in [7, 11) is 1.33. The molecule has 0 spiro atoms. The Labute approximate surface area is 81.5 Å². The molecule has 0 amide bonds. The maximum Gasteiger partial charge on any atom is 0.328 e. The third-order valence-corrected chi connectivity index (χ3v) is 1.59. The summed E-state index contributed by atoms with van der Waals surface area (Å²) >= 11 is 0. The lowest BCUT2D eigenvalue weighted by molar-refractivity contribution is -0.141. The first kappa shape index (κ1) is 10.2. The van der Waals surface area contributed by atoms with Crippen molar-refractivity contribution in [3.63, 3.8) is 0 Å². The van der Waals surface area contributed by atoms with Gasteiger partial charge in [0.1, 0.15) is 11.9 Å². The Hall–Kier alpha value is -1.85. The van der Waals surface area contributed by atoms with Crippen LogP contribution >= 0.6 is 0 Å². The lowest BCUT2D eigenvalue weighted by Gasteiger charge is -2.11. The van der Waals surface area contributed by atoms with Crippen LogP contribution in [0.25, 0.3) is 0 Å². The van der Waals surface area contributed by atoms with Crippen LogP contribution in [0.1, 0.15) is 6.92 Å². The number of rotatable bonds is 3. The minimum absolute atomic E-state index is 0.159. The van der Waals surface area contributed by atoms with Gasteiger partial charge in [-0.25, -0.2) is 9.78 Å². The fourth-order valence-electron chi connectivity index (χ4n) is 0.912. The minimum atomic E-state index is -0.464. The van der Waals surface area contributed by atoms with Gasteiger partial charge in [0.05, 0.1) is 7.11 Å². The Bertz CT molecular complexity index is 329. The fourth-order valence-corrected chi connectivity index (χ4v) is 0.912. The van der Waals surface area contributed by atoms with Crippen LogP contribution in [-0.2, 0) is 9.53 Å². The molecule has 0 aromatic carbocycles. The van der Waals surface area contributed by atoms with E-state index in [0.29, 0.717) is 5.82 Å². The number of nitrogen functional groups attached to an aromatic ring is 1. The molecule has 1 atom stereocenters. The van der Waals surface area contributed by atoms with E-state index in [0.717, 1.165) is 0 Å². The fraction of sp³-hybridized carbons (Fsp3) is 0.375. The zero-order valence-corrected chi connectivity index (χ0v) is 8.02. The van der Waals surface area contributed by atoms with Gasteiger partial charge in [-0.05, 0) is 13.0 Å². The Morgan fingerprint density at radius 1 is 1.71 bits per heavy atom. The molecule has 6 heteroatoms. The lowest BCUT2D eigenvalue weighted by Crippen LogP contribution is -2.27. The predicted octanol–water partition coefficient (Wildman–Crippen LogP) is 0.0322. The van der Waals surface area contributed by atoms with Crippen molar-refractivity contribution >= 4 is 17.7 Å². The molecule has 0 saturated heterocycles. The Balaban J connectivity index is 2.64. The zero-order valence-electron chi connectivity index (χ0n) is 8.02. The van der Waals surface area contributed by atoms with Gasteiger partial charge in [-0.2, -0.15) is 4.98 Å². The highest BCUT2D eigenvalue weighted by Crippen LogP contribution is 2.05. The summed E-state index contributed by atoms with van der Waals surface area (Å²) in [6.07, 6.45) is 1.51. The van der Waals surface area contributed by atoms with Crippen molar-refractivity contribution in [1.29, 1.82) is 0 Å². The molecule has 1 unspecified atom stereocenters. The van der Waals surface area contributed by atoms with Gasteiger partial charge in [-0.3, -0.25) is 0 Å². The number of ether oxygens (including phenoxy) is 1. The topological polar surface area (TPSA) is 90.1 Å². The first-order valence-corrected chi connectivity index (χ1v) is 4.06. The van der Waals surface area contributed by atoms with E-state index in [-0.39, 0.29) is 11.9 Å². The van der Waals surface area contributed by atoms with Gasteiger partial charge in [-0.15, -0.1) is 0 Å². The first-order chi connectivity index (χ1) is 6.63. The molecule has 1 rings (SSSR count). The van der Waals surface area contributed by atoms with Crippen molar-refractivity contribution in [3.8, 4) is 0 Å². The van der Waals surface area contributed by atoms with Gasteiger partial charge in [0, 0.05) is 6.20 Å². The van der Waals surface area contributed by atoms with Crippen molar-refractivity contribution in [2.24, 2.45) is 0 Å². The molecule has 1 aromatic rings. The van der Waals surface area contributed by atoms with Crippen LogP contribution in [0.3, 0.4) is 0 Å². The molecule has 0 saturated carbocycles. The number of nitrogens with two attached hydrogens (primary N) is 1. The van der Waals surface area contributed by atoms with Crippen LogP contribution in [0, 0.1) is 0 Å². The summed E-state index contributed by atoms with van der Waals surface area (Å²) in [6, 6.07) is 1.16. The van der Waals surface area contributed by atoms with Crippen LogP contribution < -0.4 is 11.1 Å². The molecule has 1 heterocycles. The molecule has 0 aliphatic heterocycles. The third kappa shape index (κ3) is 2.58. The van der Waals surface area contributed by atoms with Crippen LogP contribution in [0.5, 0.6) is 0 Å². The zero-order chi connectivity index (χ0) is 10.6. The van der Waals surface area contributed by atoms with E-state index in [9.17, 15) is 4.79 Å². The van der Waals surface area contributed by atoms with E-state index in [2.05, 4.69) is 20.0 Å². The van der Waals surface area contributed by atoms with Crippen LogP contribution in [0.4, 0.5) is 11.8 Å². The number of methoxy groups -OCH3 is 1. The molecule has 1 aromatic heterocycles. The summed E-state index contributed by atoms with van der Waals surface area (Å²) in [5.41, 5.74) is 5.36. The Kier molecular flexibility index (Phi) is 3.22. The predicted molar refractivity (Wildman–Crippen MR) is 51.5 cm³/mol. The summed E-state index contributed by atoms with van der Waals surface area (Å²) in [5.74, 6) is 0.296. The van der Waals surface area contributed by atoms with Crippen molar-refractivity contribution in [1.82, 2.24) is 9.97 Å². The van der Waals surface area contributed by atoms with Crippen LogP contribution in [-0.4, -0.2) is 29.1 Å².